The number of rotatable bonds is 0. The van der Waals surface area contributed by atoms with Crippen LogP contribution in [0, 0.1) is 0 Å². The van der Waals surface area contributed by atoms with Gasteiger partial charge in [0, 0.05) is 6.07 Å². The number of phenolic OH excluding ortho intramolecular Hbond substituents is 2. The molecule has 0 fully saturated rings. The van der Waals surface area contributed by atoms with E-state index >= 15 is 0 Å². The Morgan fingerprint density at radius 3 is 1.67 bits per heavy atom. The Labute approximate surface area is 83.1 Å². The molecule has 0 unspecified atom stereocenters. The summed E-state index contributed by atoms with van der Waals surface area (Å²) in [6.07, 6.45) is 0. The molecule has 0 radical (unpaired) electrons. The van der Waals surface area contributed by atoms with Crippen molar-refractivity contribution in [3.8, 4) is 11.5 Å². The molecule has 1 rings (SSSR count). The number of aromatic hydroxyl groups is 2. The summed E-state index contributed by atoms with van der Waals surface area (Å²) in [6.45, 7) is 0. The Morgan fingerprint density at radius 1 is 1.00 bits per heavy atom. The fraction of sp³-hybridized carbons (Fsp3) is 0. The monoisotopic (exact) mass is 152 g/mol. The molecule has 0 aliphatic rings. The number of phenols is 2. The maximum absolute atomic E-state index is 8.65. The van der Waals surface area contributed by atoms with E-state index < -0.39 is 0 Å². The van der Waals surface area contributed by atoms with Gasteiger partial charge in [0.15, 0.2) is 0 Å². The molecule has 2 nitrogen and oxygen atoms in total. The molecule has 0 aromatic heterocycles. The summed E-state index contributed by atoms with van der Waals surface area (Å²) in [7, 11) is 0. The summed E-state index contributed by atoms with van der Waals surface area (Å²) in [4.78, 5) is 0. The van der Waals surface area contributed by atoms with Crippen LogP contribution in [-0.2, 0) is 0 Å². The number of benzene rings is 1. The van der Waals surface area contributed by atoms with E-state index in [-0.39, 0.29) is 49.2 Å². The van der Waals surface area contributed by atoms with Gasteiger partial charge in [0.05, 0.1) is 0 Å². The van der Waals surface area contributed by atoms with Crippen LogP contribution < -0.4 is 0 Å². The second-order valence-electron chi connectivity index (χ2n) is 1.52. The van der Waals surface area contributed by atoms with E-state index in [9.17, 15) is 0 Å². The quantitative estimate of drug-likeness (QED) is 0.521. The Balaban J connectivity index is 0.000000640. The van der Waals surface area contributed by atoms with Gasteiger partial charge >= 0.3 is 37.7 Å². The molecule has 3 heteroatoms. The van der Waals surface area contributed by atoms with Crippen LogP contribution in [0.4, 0.5) is 0 Å². The Hall–Kier alpha value is 0.0797. The summed E-state index contributed by atoms with van der Waals surface area (Å²) in [6, 6.07) is 5.85. The zero-order valence-corrected chi connectivity index (χ0v) is 4.20. The minimum absolute atomic E-state index is 0. The second kappa shape index (κ2) is 3.99. The predicted molar refractivity (Wildman–Crippen MR) is 38.3 cm³/mol. The number of hydrogen-bond acceptors (Lipinski definition) is 2. The molecule has 0 saturated carbocycles. The second-order valence-corrected chi connectivity index (χ2v) is 1.52. The third kappa shape index (κ3) is 2.94. The normalized spacial score (nSPS) is 8.00. The first-order chi connectivity index (χ1) is 3.79. The van der Waals surface area contributed by atoms with Crippen molar-refractivity contribution in [2.24, 2.45) is 0 Å². The number of hydrogen-bond donors (Lipinski definition) is 2. The van der Waals surface area contributed by atoms with Gasteiger partial charge in [-0.2, -0.15) is 0 Å². The molecule has 0 amide bonds. The van der Waals surface area contributed by atoms with Crippen molar-refractivity contribution in [2.45, 2.75) is 0 Å². The molecular weight excluding hydrogens is 144 g/mol. The predicted octanol–water partition coefficient (Wildman–Crippen LogP) is 0.182. The average molecular weight is 152 g/mol. The summed E-state index contributed by atoms with van der Waals surface area (Å²) in [5, 5.41) is 17.3. The molecular formula is C6H8CaO2. The molecule has 9 heavy (non-hydrogen) atoms. The summed E-state index contributed by atoms with van der Waals surface area (Å²) in [5.41, 5.74) is 0. The van der Waals surface area contributed by atoms with Gasteiger partial charge in [-0.25, -0.2) is 0 Å². The summed E-state index contributed by atoms with van der Waals surface area (Å²) < 4.78 is 0. The van der Waals surface area contributed by atoms with Gasteiger partial charge in [-0.3, -0.25) is 0 Å². The topological polar surface area (TPSA) is 40.5 Å². The van der Waals surface area contributed by atoms with Gasteiger partial charge in [-0.15, -0.1) is 0 Å². The van der Waals surface area contributed by atoms with Crippen molar-refractivity contribution < 1.29 is 10.2 Å². The van der Waals surface area contributed by atoms with Crippen LogP contribution in [0.1, 0.15) is 0 Å². The van der Waals surface area contributed by atoms with E-state index in [0.717, 1.165) is 0 Å². The fourth-order valence-corrected chi connectivity index (χ4v) is 0.493. The molecule has 1 aromatic rings. The van der Waals surface area contributed by atoms with Crippen molar-refractivity contribution in [2.75, 3.05) is 0 Å². The van der Waals surface area contributed by atoms with Crippen molar-refractivity contribution in [3.05, 3.63) is 24.3 Å². The van der Waals surface area contributed by atoms with Crippen LogP contribution in [0.2, 0.25) is 0 Å². The van der Waals surface area contributed by atoms with E-state index in [1.54, 1.807) is 6.07 Å². The van der Waals surface area contributed by atoms with E-state index in [1.165, 1.54) is 18.2 Å². The zero-order valence-electron chi connectivity index (χ0n) is 4.20. The zero-order chi connectivity index (χ0) is 5.98. The Morgan fingerprint density at radius 2 is 1.44 bits per heavy atom. The summed E-state index contributed by atoms with van der Waals surface area (Å²) >= 11 is 0. The van der Waals surface area contributed by atoms with Crippen molar-refractivity contribution >= 4 is 37.7 Å². The van der Waals surface area contributed by atoms with Gasteiger partial charge in [-0.1, -0.05) is 6.07 Å². The van der Waals surface area contributed by atoms with Gasteiger partial charge in [-0.05, 0) is 12.1 Å². The van der Waals surface area contributed by atoms with Gasteiger partial charge in [0.2, 0.25) is 0 Å². The average Bonchev–Trinajstić information content (AvgIpc) is 1.64. The van der Waals surface area contributed by atoms with Crippen molar-refractivity contribution in [3.63, 3.8) is 0 Å². The van der Waals surface area contributed by atoms with Gasteiger partial charge < -0.3 is 10.2 Å². The van der Waals surface area contributed by atoms with Gasteiger partial charge in [0.1, 0.15) is 11.5 Å². The van der Waals surface area contributed by atoms with Crippen LogP contribution in [-0.4, -0.2) is 48.0 Å². The molecule has 0 atom stereocenters. The van der Waals surface area contributed by atoms with Crippen LogP contribution in [0.5, 0.6) is 11.5 Å². The minimum atomic E-state index is 0. The Kier molecular flexibility index (Phi) is 4.02. The van der Waals surface area contributed by atoms with Crippen LogP contribution in [0.15, 0.2) is 24.3 Å². The molecule has 0 saturated heterocycles. The third-order valence-corrected chi connectivity index (χ3v) is 0.830. The van der Waals surface area contributed by atoms with E-state index in [2.05, 4.69) is 0 Å². The fourth-order valence-electron chi connectivity index (χ4n) is 0.493. The molecule has 0 aliphatic carbocycles. The molecule has 1 aromatic carbocycles. The first kappa shape index (κ1) is 9.08. The van der Waals surface area contributed by atoms with Crippen LogP contribution in [0.3, 0.4) is 0 Å². The molecule has 2 N–H and O–H groups in total. The standard InChI is InChI=1S/C6H6O2.Ca.2H/c7-5-2-1-3-6(8)4-5;;;/h1-4,7-8H;;;. The third-order valence-electron chi connectivity index (χ3n) is 0.830. The summed E-state index contributed by atoms with van der Waals surface area (Å²) in [5.74, 6) is 0.176. The van der Waals surface area contributed by atoms with Crippen molar-refractivity contribution in [1.82, 2.24) is 0 Å². The molecule has 46 valence electrons. The van der Waals surface area contributed by atoms with Gasteiger partial charge in [0.25, 0.3) is 0 Å². The molecule has 0 spiro atoms. The maximum atomic E-state index is 8.65. The van der Waals surface area contributed by atoms with E-state index in [0.29, 0.717) is 0 Å². The van der Waals surface area contributed by atoms with Crippen LogP contribution in [0.25, 0.3) is 0 Å². The van der Waals surface area contributed by atoms with E-state index in [4.69, 9.17) is 10.2 Å². The molecule has 0 aliphatic heterocycles. The first-order valence-corrected chi connectivity index (χ1v) is 2.27. The molecule has 0 bridgehead atoms. The Bertz CT molecular complexity index is 171. The van der Waals surface area contributed by atoms with Crippen molar-refractivity contribution in [1.29, 1.82) is 0 Å². The molecule has 0 heterocycles. The van der Waals surface area contributed by atoms with Crippen LogP contribution >= 0.6 is 0 Å². The SMILES string of the molecule is Oc1cccc(O)c1.[CaH2]. The first-order valence-electron chi connectivity index (χ1n) is 2.27. The van der Waals surface area contributed by atoms with E-state index in [1.807, 2.05) is 0 Å².